The molecule has 2 N–H and O–H groups in total. The van der Waals surface area contributed by atoms with Gasteiger partial charge in [0.1, 0.15) is 17.6 Å². The Balaban J connectivity index is 1.74. The van der Waals surface area contributed by atoms with Gasteiger partial charge < -0.3 is 10.6 Å². The first-order valence-corrected chi connectivity index (χ1v) is 8.17. The third kappa shape index (κ3) is 4.09. The highest BCUT2D eigenvalue weighted by Crippen LogP contribution is 2.27. The molecule has 0 saturated carbocycles. The summed E-state index contributed by atoms with van der Waals surface area (Å²) in [5, 5.41) is 15.7. The summed E-state index contributed by atoms with van der Waals surface area (Å²) in [7, 11) is 0. The molecule has 0 aliphatic rings. The highest BCUT2D eigenvalue weighted by atomic mass is 35.5. The van der Waals surface area contributed by atoms with Crippen molar-refractivity contribution in [2.24, 2.45) is 0 Å². The molecule has 0 atom stereocenters. The number of benzene rings is 2. The number of nitrogens with zero attached hydrogens (tertiary/aromatic N) is 3. The van der Waals surface area contributed by atoms with Gasteiger partial charge in [-0.15, -0.1) is 0 Å². The van der Waals surface area contributed by atoms with Crippen LogP contribution in [-0.2, 0) is 0 Å². The monoisotopic (exact) mass is 383 g/mol. The molecule has 3 rings (SSSR count). The minimum atomic E-state index is -0.465. The van der Waals surface area contributed by atoms with E-state index in [2.05, 4.69) is 20.6 Å². The lowest BCUT2D eigenvalue weighted by Gasteiger charge is -2.09. The molecular weight excluding hydrogens is 373 g/mol. The fourth-order valence-electron chi connectivity index (χ4n) is 2.12. The van der Waals surface area contributed by atoms with Gasteiger partial charge in [0.25, 0.3) is 5.91 Å². The SMILES string of the molecule is N#Cc1ccccc1NC(=O)c1cnc(Nc2cc(Cl)ccc2Cl)cn1. The van der Waals surface area contributed by atoms with E-state index < -0.39 is 5.91 Å². The number of hydrogen-bond donors (Lipinski definition) is 2. The van der Waals surface area contributed by atoms with Crippen molar-refractivity contribution in [1.82, 2.24) is 9.97 Å². The molecule has 2 aromatic carbocycles. The lowest BCUT2D eigenvalue weighted by atomic mass is 10.2. The maximum atomic E-state index is 12.3. The van der Waals surface area contributed by atoms with Crippen LogP contribution < -0.4 is 10.6 Å². The second-order valence-corrected chi connectivity index (χ2v) is 5.99. The normalized spacial score (nSPS) is 10.0. The molecule has 0 unspecified atom stereocenters. The van der Waals surface area contributed by atoms with Crippen LogP contribution in [0.3, 0.4) is 0 Å². The summed E-state index contributed by atoms with van der Waals surface area (Å²) in [6, 6.07) is 13.7. The number of nitriles is 1. The summed E-state index contributed by atoms with van der Waals surface area (Å²) in [5.74, 6) is -0.0596. The first-order valence-electron chi connectivity index (χ1n) is 7.41. The van der Waals surface area contributed by atoms with E-state index >= 15 is 0 Å². The number of hydrogen-bond acceptors (Lipinski definition) is 5. The fourth-order valence-corrected chi connectivity index (χ4v) is 2.45. The zero-order valence-electron chi connectivity index (χ0n) is 13.2. The Morgan fingerprint density at radius 1 is 1.04 bits per heavy atom. The molecular formula is C18H11Cl2N5O. The third-order valence-electron chi connectivity index (χ3n) is 3.37. The molecule has 0 radical (unpaired) electrons. The number of amides is 1. The van der Waals surface area contributed by atoms with Crippen molar-refractivity contribution in [3.05, 3.63) is 76.2 Å². The smallest absolute Gasteiger partial charge is 0.275 e. The fraction of sp³-hybridized carbons (Fsp3) is 0. The molecule has 8 heteroatoms. The van der Waals surface area contributed by atoms with Crippen molar-refractivity contribution in [1.29, 1.82) is 5.26 Å². The van der Waals surface area contributed by atoms with Gasteiger partial charge in [-0.2, -0.15) is 5.26 Å². The Hall–Kier alpha value is -3.14. The third-order valence-corrected chi connectivity index (χ3v) is 3.94. The maximum absolute atomic E-state index is 12.3. The highest BCUT2D eigenvalue weighted by Gasteiger charge is 2.11. The first-order chi connectivity index (χ1) is 12.6. The summed E-state index contributed by atoms with van der Waals surface area (Å²) in [4.78, 5) is 20.5. The highest BCUT2D eigenvalue weighted by molar-refractivity contribution is 6.35. The lowest BCUT2D eigenvalue weighted by molar-refractivity contribution is 0.102. The molecule has 0 spiro atoms. The molecule has 0 bridgehead atoms. The van der Waals surface area contributed by atoms with Crippen molar-refractivity contribution in [2.75, 3.05) is 10.6 Å². The number of anilines is 3. The van der Waals surface area contributed by atoms with Crippen LogP contribution in [0, 0.1) is 11.3 Å². The van der Waals surface area contributed by atoms with E-state index in [-0.39, 0.29) is 5.69 Å². The predicted octanol–water partition coefficient (Wildman–Crippen LogP) is 4.65. The Morgan fingerprint density at radius 3 is 2.58 bits per heavy atom. The average molecular weight is 384 g/mol. The first kappa shape index (κ1) is 17.7. The number of halogens is 2. The van der Waals surface area contributed by atoms with Crippen LogP contribution in [-0.4, -0.2) is 15.9 Å². The molecule has 128 valence electrons. The molecule has 3 aromatic rings. The maximum Gasteiger partial charge on any atom is 0.275 e. The Labute approximate surface area is 159 Å². The summed E-state index contributed by atoms with van der Waals surface area (Å²) < 4.78 is 0. The number of carbonyl (C=O) groups is 1. The molecule has 0 saturated heterocycles. The van der Waals surface area contributed by atoms with Crippen LogP contribution >= 0.6 is 23.2 Å². The van der Waals surface area contributed by atoms with E-state index in [0.29, 0.717) is 32.8 Å². The molecule has 1 aromatic heterocycles. The van der Waals surface area contributed by atoms with Gasteiger partial charge in [0.15, 0.2) is 0 Å². The van der Waals surface area contributed by atoms with E-state index in [0.717, 1.165) is 0 Å². The van der Waals surface area contributed by atoms with E-state index in [4.69, 9.17) is 28.5 Å². The summed E-state index contributed by atoms with van der Waals surface area (Å²) in [5.41, 5.74) is 1.46. The van der Waals surface area contributed by atoms with Gasteiger partial charge in [-0.1, -0.05) is 35.3 Å². The Kier molecular flexibility index (Phi) is 5.32. The van der Waals surface area contributed by atoms with Gasteiger partial charge in [-0.05, 0) is 30.3 Å². The van der Waals surface area contributed by atoms with Crippen LogP contribution in [0.1, 0.15) is 16.1 Å². The molecule has 0 aliphatic heterocycles. The van der Waals surface area contributed by atoms with Gasteiger partial charge in [-0.3, -0.25) is 4.79 Å². The second-order valence-electron chi connectivity index (χ2n) is 5.15. The summed E-state index contributed by atoms with van der Waals surface area (Å²) in [6.07, 6.45) is 2.73. The van der Waals surface area contributed by atoms with Gasteiger partial charge in [0.2, 0.25) is 0 Å². The van der Waals surface area contributed by atoms with E-state index in [9.17, 15) is 4.79 Å². The standard InChI is InChI=1S/C18H11Cl2N5O/c19-12-5-6-13(20)15(7-12)24-17-10-22-16(9-23-17)18(26)25-14-4-2-1-3-11(14)8-21/h1-7,9-10H,(H,23,24)(H,25,26). The Bertz CT molecular complexity index is 999. The van der Waals surface area contributed by atoms with Gasteiger partial charge in [-0.25, -0.2) is 9.97 Å². The zero-order valence-corrected chi connectivity index (χ0v) is 14.7. The number of nitrogens with one attached hydrogen (secondary N) is 2. The molecule has 1 amide bonds. The van der Waals surface area contributed by atoms with E-state index in [1.165, 1.54) is 12.4 Å². The van der Waals surface area contributed by atoms with Crippen LogP contribution in [0.2, 0.25) is 10.0 Å². The van der Waals surface area contributed by atoms with Crippen molar-refractivity contribution in [2.45, 2.75) is 0 Å². The number of rotatable bonds is 4. The molecule has 26 heavy (non-hydrogen) atoms. The average Bonchev–Trinajstić information content (AvgIpc) is 2.65. The predicted molar refractivity (Wildman–Crippen MR) is 101 cm³/mol. The second kappa shape index (κ2) is 7.83. The van der Waals surface area contributed by atoms with Crippen LogP contribution in [0.15, 0.2) is 54.9 Å². The minimum absolute atomic E-state index is 0.112. The quantitative estimate of drug-likeness (QED) is 0.683. The van der Waals surface area contributed by atoms with Crippen LogP contribution in [0.4, 0.5) is 17.2 Å². The van der Waals surface area contributed by atoms with Crippen molar-refractivity contribution >= 4 is 46.3 Å². The van der Waals surface area contributed by atoms with Gasteiger partial charge in [0.05, 0.1) is 34.4 Å². The van der Waals surface area contributed by atoms with E-state index in [1.807, 2.05) is 6.07 Å². The summed E-state index contributed by atoms with van der Waals surface area (Å²) in [6.45, 7) is 0. The molecule has 0 fully saturated rings. The zero-order chi connectivity index (χ0) is 18.5. The van der Waals surface area contributed by atoms with Gasteiger partial charge >= 0.3 is 0 Å². The number of aromatic nitrogens is 2. The van der Waals surface area contributed by atoms with Crippen LogP contribution in [0.25, 0.3) is 0 Å². The summed E-state index contributed by atoms with van der Waals surface area (Å²) >= 11 is 12.0. The van der Waals surface area contributed by atoms with Crippen molar-refractivity contribution in [3.8, 4) is 6.07 Å². The molecule has 6 nitrogen and oxygen atoms in total. The minimum Gasteiger partial charge on any atom is -0.338 e. The Morgan fingerprint density at radius 2 is 1.85 bits per heavy atom. The largest absolute Gasteiger partial charge is 0.338 e. The lowest BCUT2D eigenvalue weighted by Crippen LogP contribution is -2.15. The van der Waals surface area contributed by atoms with Crippen molar-refractivity contribution in [3.63, 3.8) is 0 Å². The number of para-hydroxylation sites is 1. The van der Waals surface area contributed by atoms with Crippen molar-refractivity contribution < 1.29 is 4.79 Å². The van der Waals surface area contributed by atoms with Gasteiger partial charge in [0, 0.05) is 5.02 Å². The topological polar surface area (TPSA) is 90.7 Å². The molecule has 0 aliphatic carbocycles. The van der Waals surface area contributed by atoms with E-state index in [1.54, 1.807) is 42.5 Å². The van der Waals surface area contributed by atoms with Crippen LogP contribution in [0.5, 0.6) is 0 Å². The molecule has 1 heterocycles. The number of carbonyl (C=O) groups excluding carboxylic acids is 1.